The summed E-state index contributed by atoms with van der Waals surface area (Å²) in [6, 6.07) is 23.8. The predicted octanol–water partition coefficient (Wildman–Crippen LogP) is 8.67. The van der Waals surface area contributed by atoms with Crippen LogP contribution in [0.3, 0.4) is 0 Å². The molecular formula is C31H16Cl4N2O3. The fourth-order valence-corrected chi connectivity index (χ4v) is 5.98. The van der Waals surface area contributed by atoms with Gasteiger partial charge in [0.1, 0.15) is 0 Å². The van der Waals surface area contributed by atoms with E-state index in [1.54, 1.807) is 85.1 Å². The number of aromatic nitrogens is 1. The first kappa shape index (κ1) is 26.4. The van der Waals surface area contributed by atoms with Crippen molar-refractivity contribution < 1.29 is 14.4 Å². The fraction of sp³-hybridized carbons (Fsp3) is 0. The van der Waals surface area contributed by atoms with Gasteiger partial charge in [-0.05, 0) is 42.5 Å². The zero-order valence-electron chi connectivity index (χ0n) is 20.4. The molecule has 0 saturated heterocycles. The predicted molar refractivity (Wildman–Crippen MR) is 161 cm³/mol. The van der Waals surface area contributed by atoms with Gasteiger partial charge in [0.15, 0.2) is 0 Å². The molecule has 0 fully saturated rings. The van der Waals surface area contributed by atoms with Gasteiger partial charge >= 0.3 is 0 Å². The number of fused-ring (bicyclic) bond motifs is 2. The van der Waals surface area contributed by atoms with Crippen molar-refractivity contribution in [3.63, 3.8) is 0 Å². The number of nitrogens with zero attached hydrogens (tertiary/aromatic N) is 2. The van der Waals surface area contributed by atoms with Crippen LogP contribution in [-0.4, -0.2) is 22.3 Å². The molecule has 2 heterocycles. The summed E-state index contributed by atoms with van der Waals surface area (Å²) in [6.45, 7) is 0. The van der Waals surface area contributed by atoms with Crippen LogP contribution in [0.1, 0.15) is 31.8 Å². The lowest BCUT2D eigenvalue weighted by molar-refractivity contribution is -0.112. The maximum Gasteiger partial charge on any atom is 0.268 e. The molecule has 5 aromatic rings. The highest BCUT2D eigenvalue weighted by molar-refractivity contribution is 6.48. The first-order valence-electron chi connectivity index (χ1n) is 12.0. The third kappa shape index (κ3) is 4.23. The second-order valence-corrected chi connectivity index (χ2v) is 10.6. The summed E-state index contributed by atoms with van der Waals surface area (Å²) in [5, 5.41) is 1.45. The smallest absolute Gasteiger partial charge is 0.268 e. The number of imide groups is 1. The van der Waals surface area contributed by atoms with Gasteiger partial charge in [0.25, 0.3) is 17.7 Å². The summed E-state index contributed by atoms with van der Waals surface area (Å²) in [5.41, 5.74) is 2.64. The molecule has 0 saturated carbocycles. The van der Waals surface area contributed by atoms with Gasteiger partial charge in [-0.2, -0.15) is 0 Å². The summed E-state index contributed by atoms with van der Waals surface area (Å²) < 4.78 is 1.45. The molecule has 40 heavy (non-hydrogen) atoms. The van der Waals surface area contributed by atoms with Crippen LogP contribution >= 0.6 is 46.4 Å². The van der Waals surface area contributed by atoms with E-state index in [-0.39, 0.29) is 36.8 Å². The number of anilines is 1. The quantitative estimate of drug-likeness (QED) is 0.153. The van der Waals surface area contributed by atoms with Gasteiger partial charge in [0.2, 0.25) is 0 Å². The minimum Gasteiger partial charge on any atom is -0.282 e. The Balaban J connectivity index is 1.50. The van der Waals surface area contributed by atoms with E-state index in [1.807, 2.05) is 12.1 Å². The van der Waals surface area contributed by atoms with Crippen LogP contribution in [0.15, 0.2) is 91.1 Å². The minimum absolute atomic E-state index is 0.0362. The molecule has 0 aliphatic carbocycles. The molecule has 4 aromatic carbocycles. The average Bonchev–Trinajstić information content (AvgIpc) is 3.43. The van der Waals surface area contributed by atoms with Gasteiger partial charge in [-0.1, -0.05) is 94.9 Å². The van der Waals surface area contributed by atoms with Gasteiger partial charge in [-0.15, -0.1) is 0 Å². The van der Waals surface area contributed by atoms with E-state index in [0.717, 1.165) is 10.3 Å². The Morgan fingerprint density at radius 1 is 0.650 bits per heavy atom. The normalized spacial score (nSPS) is 13.8. The van der Waals surface area contributed by atoms with Crippen LogP contribution in [0.25, 0.3) is 22.6 Å². The van der Waals surface area contributed by atoms with Crippen molar-refractivity contribution in [3.05, 3.63) is 133 Å². The summed E-state index contributed by atoms with van der Waals surface area (Å²) in [4.78, 5) is 42.1. The van der Waals surface area contributed by atoms with E-state index in [9.17, 15) is 14.4 Å². The maximum absolute atomic E-state index is 13.8. The Morgan fingerprint density at radius 3 is 1.85 bits per heavy atom. The van der Waals surface area contributed by atoms with E-state index in [4.69, 9.17) is 46.4 Å². The van der Waals surface area contributed by atoms with E-state index >= 15 is 0 Å². The molecule has 9 heteroatoms. The molecule has 6 rings (SSSR count). The van der Waals surface area contributed by atoms with E-state index in [2.05, 4.69) is 0 Å². The molecule has 196 valence electrons. The number of hydrogen-bond acceptors (Lipinski definition) is 3. The first-order chi connectivity index (χ1) is 19.3. The molecule has 5 nitrogen and oxygen atoms in total. The van der Waals surface area contributed by atoms with Crippen LogP contribution < -0.4 is 4.90 Å². The van der Waals surface area contributed by atoms with Crippen molar-refractivity contribution in [1.82, 2.24) is 4.57 Å². The lowest BCUT2D eigenvalue weighted by atomic mass is 10.0. The highest BCUT2D eigenvalue weighted by Crippen LogP contribution is 2.41. The van der Waals surface area contributed by atoms with Crippen molar-refractivity contribution >= 4 is 92.4 Å². The Hall–Kier alpha value is -3.87. The standard InChI is InChI=1S/C31H16Cl4N2O3/c32-21-9-5-10-22(33)27(21)30(39)36-16-17(18-7-1-3-13-25(18)36)15-20-19-8-2-4-14-26(19)37(29(20)38)31(40)28-23(34)11-6-12-24(28)35/h1-16H/b20-15-. The molecule has 1 aromatic heterocycles. The Morgan fingerprint density at radius 2 is 1.20 bits per heavy atom. The summed E-state index contributed by atoms with van der Waals surface area (Å²) in [6.07, 6.45) is 3.30. The summed E-state index contributed by atoms with van der Waals surface area (Å²) in [5.74, 6) is -1.60. The molecule has 0 unspecified atom stereocenters. The molecule has 0 N–H and O–H groups in total. The van der Waals surface area contributed by atoms with E-state index in [1.165, 1.54) is 4.57 Å². The number of amides is 2. The van der Waals surface area contributed by atoms with Crippen LogP contribution in [0.5, 0.6) is 0 Å². The Bertz CT molecular complexity index is 1890. The third-order valence-electron chi connectivity index (χ3n) is 6.69. The summed E-state index contributed by atoms with van der Waals surface area (Å²) in [7, 11) is 0. The lowest BCUT2D eigenvalue weighted by Crippen LogP contribution is -2.33. The molecule has 1 aliphatic heterocycles. The molecule has 0 atom stereocenters. The topological polar surface area (TPSA) is 59.4 Å². The number of rotatable bonds is 3. The third-order valence-corrected chi connectivity index (χ3v) is 7.95. The molecule has 0 bridgehead atoms. The number of benzene rings is 4. The van der Waals surface area contributed by atoms with Gasteiger partial charge in [0.05, 0.1) is 48.0 Å². The summed E-state index contributed by atoms with van der Waals surface area (Å²) >= 11 is 25.3. The largest absolute Gasteiger partial charge is 0.282 e. The number of hydrogen-bond donors (Lipinski definition) is 0. The van der Waals surface area contributed by atoms with Crippen molar-refractivity contribution in [2.45, 2.75) is 0 Å². The van der Waals surface area contributed by atoms with Gasteiger partial charge in [0, 0.05) is 22.7 Å². The minimum atomic E-state index is -0.637. The SMILES string of the molecule is O=C1/C(=C\c2cn(C(=O)c3c(Cl)cccc3Cl)c3ccccc23)c2ccccc2N1C(=O)c1c(Cl)cccc1Cl. The molecule has 0 radical (unpaired) electrons. The molecule has 2 amide bonds. The monoisotopic (exact) mass is 604 g/mol. The number of carbonyl (C=O) groups is 3. The van der Waals surface area contributed by atoms with Crippen molar-refractivity contribution in [3.8, 4) is 0 Å². The second-order valence-electron chi connectivity index (χ2n) is 8.99. The zero-order chi connectivity index (χ0) is 28.1. The van der Waals surface area contributed by atoms with Crippen LogP contribution in [0.4, 0.5) is 5.69 Å². The lowest BCUT2D eigenvalue weighted by Gasteiger charge is -2.16. The van der Waals surface area contributed by atoms with Gasteiger partial charge < -0.3 is 0 Å². The fourth-order valence-electron chi connectivity index (χ4n) is 4.86. The van der Waals surface area contributed by atoms with Crippen LogP contribution in [-0.2, 0) is 4.79 Å². The average molecular weight is 606 g/mol. The molecular weight excluding hydrogens is 590 g/mol. The molecule has 0 spiro atoms. The van der Waals surface area contributed by atoms with Gasteiger partial charge in [-0.3, -0.25) is 19.0 Å². The highest BCUT2D eigenvalue weighted by Gasteiger charge is 2.38. The van der Waals surface area contributed by atoms with E-state index in [0.29, 0.717) is 22.3 Å². The zero-order valence-corrected chi connectivity index (χ0v) is 23.4. The molecule has 1 aliphatic rings. The van der Waals surface area contributed by atoms with Crippen molar-refractivity contribution in [1.29, 1.82) is 0 Å². The highest BCUT2D eigenvalue weighted by atomic mass is 35.5. The van der Waals surface area contributed by atoms with Crippen molar-refractivity contribution in [2.24, 2.45) is 0 Å². The number of carbonyl (C=O) groups excluding carboxylic acids is 3. The Labute approximate surface area is 248 Å². The number of para-hydroxylation sites is 2. The first-order valence-corrected chi connectivity index (χ1v) is 13.5. The van der Waals surface area contributed by atoms with E-state index < -0.39 is 17.7 Å². The van der Waals surface area contributed by atoms with Gasteiger partial charge in [-0.25, -0.2) is 4.90 Å². The second kappa shape index (κ2) is 10.3. The van der Waals surface area contributed by atoms with Crippen LogP contribution in [0, 0.1) is 0 Å². The van der Waals surface area contributed by atoms with Crippen molar-refractivity contribution in [2.75, 3.05) is 4.90 Å². The number of halogens is 4. The van der Waals surface area contributed by atoms with Crippen LogP contribution in [0.2, 0.25) is 20.1 Å². The maximum atomic E-state index is 13.8. The Kier molecular flexibility index (Phi) is 6.77.